The second-order valence-electron chi connectivity index (χ2n) is 5.55. The van der Waals surface area contributed by atoms with Crippen molar-refractivity contribution in [1.82, 2.24) is 0 Å². The molecule has 0 bridgehead atoms. The van der Waals surface area contributed by atoms with E-state index in [4.69, 9.17) is 18.9 Å². The van der Waals surface area contributed by atoms with Crippen LogP contribution >= 0.6 is 0 Å². The first-order valence-corrected chi connectivity index (χ1v) is 6.88. The fourth-order valence-electron chi connectivity index (χ4n) is 1.66. The van der Waals surface area contributed by atoms with Crippen molar-refractivity contribution in [3.63, 3.8) is 0 Å². The zero-order valence-corrected chi connectivity index (χ0v) is 13.2. The highest BCUT2D eigenvalue weighted by molar-refractivity contribution is 5.77. The zero-order valence-electron chi connectivity index (χ0n) is 13.2. The largest absolute Gasteiger partial charge is 0.465 e. The van der Waals surface area contributed by atoms with E-state index in [2.05, 4.69) is 0 Å². The molecule has 21 heavy (non-hydrogen) atoms. The molecule has 0 aromatic rings. The first-order valence-electron chi connectivity index (χ1n) is 6.88. The maximum Gasteiger partial charge on any atom is 0.316 e. The molecule has 0 aromatic heterocycles. The number of hydrogen-bond acceptors (Lipinski definition) is 6. The third-order valence-electron chi connectivity index (χ3n) is 3.22. The van der Waals surface area contributed by atoms with Crippen LogP contribution in [0.1, 0.15) is 27.7 Å². The van der Waals surface area contributed by atoms with E-state index in [0.717, 1.165) is 0 Å². The minimum atomic E-state index is -0.351. The maximum absolute atomic E-state index is 11.0. The molecule has 2 fully saturated rings. The van der Waals surface area contributed by atoms with Gasteiger partial charge in [-0.15, -0.1) is 0 Å². The van der Waals surface area contributed by atoms with Crippen LogP contribution in [0.3, 0.4) is 0 Å². The molecular weight excluding hydrogens is 280 g/mol. The lowest BCUT2D eigenvalue weighted by molar-refractivity contribution is -0.182. The Labute approximate surface area is 125 Å². The lowest BCUT2D eigenvalue weighted by Gasteiger charge is -2.34. The minimum Gasteiger partial charge on any atom is -0.465 e. The minimum absolute atomic E-state index is 0. The molecule has 7 nitrogen and oxygen atoms in total. The van der Waals surface area contributed by atoms with Crippen LogP contribution in [0, 0.1) is 10.8 Å². The number of esters is 2. The lowest BCUT2D eigenvalue weighted by Crippen LogP contribution is -2.47. The Morgan fingerprint density at radius 2 is 1.14 bits per heavy atom. The van der Waals surface area contributed by atoms with Gasteiger partial charge < -0.3 is 24.4 Å². The van der Waals surface area contributed by atoms with Crippen molar-refractivity contribution in [3.8, 4) is 0 Å². The van der Waals surface area contributed by atoms with Crippen LogP contribution in [0.5, 0.6) is 0 Å². The molecule has 0 unspecified atom stereocenters. The van der Waals surface area contributed by atoms with Gasteiger partial charge in [-0.3, -0.25) is 9.59 Å². The molecule has 2 aliphatic heterocycles. The van der Waals surface area contributed by atoms with Crippen LogP contribution < -0.4 is 0 Å². The Bertz CT molecular complexity index is 311. The molecule has 0 radical (unpaired) electrons. The highest BCUT2D eigenvalue weighted by Crippen LogP contribution is 2.28. The molecule has 124 valence electrons. The lowest BCUT2D eigenvalue weighted by atomic mass is 9.89. The predicted molar refractivity (Wildman–Crippen MR) is 74.7 cm³/mol. The summed E-state index contributed by atoms with van der Waals surface area (Å²) in [4.78, 5) is 22.1. The molecule has 0 aromatic carbocycles. The maximum atomic E-state index is 11.0. The fraction of sp³-hybridized carbons (Fsp3) is 0.857. The van der Waals surface area contributed by atoms with Crippen molar-refractivity contribution in [2.45, 2.75) is 27.7 Å². The topological polar surface area (TPSA) is 103 Å². The third-order valence-corrected chi connectivity index (χ3v) is 3.22. The summed E-state index contributed by atoms with van der Waals surface area (Å²) in [7, 11) is 0. The summed E-state index contributed by atoms with van der Waals surface area (Å²) in [6, 6.07) is 0. The van der Waals surface area contributed by atoms with Crippen molar-refractivity contribution in [2.75, 3.05) is 39.6 Å². The van der Waals surface area contributed by atoms with Crippen LogP contribution in [0.15, 0.2) is 0 Å². The summed E-state index contributed by atoms with van der Waals surface area (Å²) >= 11 is 0. The van der Waals surface area contributed by atoms with E-state index < -0.39 is 0 Å². The predicted octanol–water partition coefficient (Wildman–Crippen LogP) is 0.347. The summed E-state index contributed by atoms with van der Waals surface area (Å²) in [5.41, 5.74) is -0.702. The Balaban J connectivity index is 0.000000364. The summed E-state index contributed by atoms with van der Waals surface area (Å²) in [6.07, 6.45) is 0. The van der Waals surface area contributed by atoms with Crippen molar-refractivity contribution >= 4 is 11.9 Å². The van der Waals surface area contributed by atoms with Gasteiger partial charge in [-0.1, -0.05) is 0 Å². The van der Waals surface area contributed by atoms with Crippen LogP contribution in [-0.2, 0) is 28.5 Å². The molecule has 0 atom stereocenters. The molecule has 0 saturated carbocycles. The highest BCUT2D eigenvalue weighted by atomic mass is 16.6. The number of hydrogen-bond donors (Lipinski definition) is 0. The van der Waals surface area contributed by atoms with Gasteiger partial charge in [-0.2, -0.15) is 0 Å². The number of ether oxygens (including phenoxy) is 4. The molecule has 0 aliphatic carbocycles. The molecule has 2 heterocycles. The van der Waals surface area contributed by atoms with Crippen LogP contribution in [0.2, 0.25) is 0 Å². The second-order valence-corrected chi connectivity index (χ2v) is 5.55. The van der Waals surface area contributed by atoms with Crippen LogP contribution in [-0.4, -0.2) is 57.1 Å². The number of carbonyl (C=O) groups is 2. The van der Waals surface area contributed by atoms with Crippen molar-refractivity contribution in [1.29, 1.82) is 0 Å². The van der Waals surface area contributed by atoms with Gasteiger partial charge in [0.25, 0.3) is 0 Å². The average Bonchev–Trinajstić information content (AvgIpc) is 2.34. The van der Waals surface area contributed by atoms with Gasteiger partial charge in [0, 0.05) is 0 Å². The van der Waals surface area contributed by atoms with E-state index in [9.17, 15) is 9.59 Å². The van der Waals surface area contributed by atoms with E-state index in [1.54, 1.807) is 13.8 Å². The SMILES string of the molecule is CCOC(=O)C1(C)COC1.CCOC(=O)C1(C)COC1.O. The smallest absolute Gasteiger partial charge is 0.316 e. The molecule has 0 amide bonds. The van der Waals surface area contributed by atoms with Gasteiger partial charge in [0.05, 0.1) is 39.6 Å². The third kappa shape index (κ3) is 4.94. The zero-order chi connectivity index (χ0) is 15.2. The molecule has 2 saturated heterocycles. The van der Waals surface area contributed by atoms with Crippen LogP contribution in [0.25, 0.3) is 0 Å². The Kier molecular flexibility index (Phi) is 7.84. The fourth-order valence-corrected chi connectivity index (χ4v) is 1.66. The summed E-state index contributed by atoms with van der Waals surface area (Å²) in [6.45, 7) is 10.3. The monoisotopic (exact) mass is 306 g/mol. The normalized spacial score (nSPS) is 20.4. The molecule has 0 spiro atoms. The van der Waals surface area contributed by atoms with E-state index >= 15 is 0 Å². The van der Waals surface area contributed by atoms with Gasteiger partial charge in [-0.05, 0) is 27.7 Å². The first kappa shape index (κ1) is 19.8. The van der Waals surface area contributed by atoms with Gasteiger partial charge >= 0.3 is 11.9 Å². The Hall–Kier alpha value is -1.18. The summed E-state index contributed by atoms with van der Waals surface area (Å²) in [5, 5.41) is 0. The van der Waals surface area contributed by atoms with Gasteiger partial charge in [0.1, 0.15) is 10.8 Å². The Morgan fingerprint density at radius 3 is 1.29 bits per heavy atom. The van der Waals surface area contributed by atoms with E-state index in [1.807, 2.05) is 13.8 Å². The van der Waals surface area contributed by atoms with E-state index in [0.29, 0.717) is 39.6 Å². The Morgan fingerprint density at radius 1 is 0.857 bits per heavy atom. The number of rotatable bonds is 4. The first-order chi connectivity index (χ1) is 9.38. The van der Waals surface area contributed by atoms with Crippen molar-refractivity contribution in [3.05, 3.63) is 0 Å². The number of carbonyl (C=O) groups excluding carboxylic acids is 2. The quantitative estimate of drug-likeness (QED) is 0.694. The highest BCUT2D eigenvalue weighted by Gasteiger charge is 2.43. The van der Waals surface area contributed by atoms with Crippen LogP contribution in [0.4, 0.5) is 0 Å². The molecule has 7 heteroatoms. The van der Waals surface area contributed by atoms with E-state index in [-0.39, 0.29) is 28.2 Å². The van der Waals surface area contributed by atoms with Crippen molar-refractivity contribution in [2.24, 2.45) is 10.8 Å². The van der Waals surface area contributed by atoms with Gasteiger partial charge in [0.15, 0.2) is 0 Å². The standard InChI is InChI=1S/2C7H12O3.H2O/c2*1-3-10-6(8)7(2)4-9-5-7;/h2*3-5H2,1-2H3;1H2. The molecule has 2 N–H and O–H groups in total. The summed E-state index contributed by atoms with van der Waals surface area (Å²) < 4.78 is 19.5. The molecule has 2 aliphatic rings. The van der Waals surface area contributed by atoms with Gasteiger partial charge in [0.2, 0.25) is 0 Å². The van der Waals surface area contributed by atoms with Gasteiger partial charge in [-0.25, -0.2) is 0 Å². The average molecular weight is 306 g/mol. The van der Waals surface area contributed by atoms with Crippen molar-refractivity contribution < 1.29 is 34.0 Å². The van der Waals surface area contributed by atoms with E-state index in [1.165, 1.54) is 0 Å². The molecule has 2 rings (SSSR count). The second kappa shape index (κ2) is 8.31. The molecular formula is C14H26O7. The summed E-state index contributed by atoms with van der Waals surface area (Å²) in [5.74, 6) is -0.275.